The first kappa shape index (κ1) is 14.2. The van der Waals surface area contributed by atoms with Gasteiger partial charge in [0.2, 0.25) is 0 Å². The van der Waals surface area contributed by atoms with E-state index >= 15 is 0 Å². The molecule has 1 fully saturated rings. The van der Waals surface area contributed by atoms with Crippen molar-refractivity contribution in [1.82, 2.24) is 10.6 Å². The fraction of sp³-hybridized carbons (Fsp3) is 0.500. The van der Waals surface area contributed by atoms with E-state index in [2.05, 4.69) is 10.6 Å². The Balaban J connectivity index is 1.87. The Kier molecular flexibility index (Phi) is 4.36. The summed E-state index contributed by atoms with van der Waals surface area (Å²) in [6.45, 7) is 0.580. The van der Waals surface area contributed by atoms with Crippen molar-refractivity contribution < 1.29 is 14.7 Å². The third kappa shape index (κ3) is 3.63. The number of hydrogen-bond acceptors (Lipinski definition) is 4. The van der Waals surface area contributed by atoms with Crippen LogP contribution in [0.1, 0.15) is 23.8 Å². The molecule has 1 aromatic heterocycles. The topological polar surface area (TPSA) is 78.4 Å². The van der Waals surface area contributed by atoms with Gasteiger partial charge in [-0.2, -0.15) is 11.8 Å². The summed E-state index contributed by atoms with van der Waals surface area (Å²) >= 11 is 3.06. The van der Waals surface area contributed by atoms with Crippen LogP contribution in [0.25, 0.3) is 0 Å². The second-order valence-electron chi connectivity index (χ2n) is 4.50. The molecule has 2 amide bonds. The van der Waals surface area contributed by atoms with Crippen molar-refractivity contribution in [3.8, 4) is 0 Å². The van der Waals surface area contributed by atoms with E-state index in [-0.39, 0.29) is 4.75 Å². The number of rotatable bonds is 6. The van der Waals surface area contributed by atoms with Crippen LogP contribution in [0.4, 0.5) is 4.79 Å². The summed E-state index contributed by atoms with van der Waals surface area (Å²) < 4.78 is 0.166. The Hall–Kier alpha value is -1.21. The highest BCUT2D eigenvalue weighted by Gasteiger charge is 2.42. The summed E-state index contributed by atoms with van der Waals surface area (Å²) in [5.74, 6) is -1.05. The van der Waals surface area contributed by atoms with Crippen molar-refractivity contribution in [3.05, 3.63) is 22.4 Å². The fourth-order valence-electron chi connectivity index (χ4n) is 1.73. The quantitative estimate of drug-likeness (QED) is 0.751. The molecule has 1 saturated carbocycles. The van der Waals surface area contributed by atoms with Gasteiger partial charge >= 0.3 is 12.0 Å². The molecule has 0 radical (unpaired) electrons. The lowest BCUT2D eigenvalue weighted by molar-refractivity contribution is -0.139. The average Bonchev–Trinajstić information content (AvgIpc) is 2.98. The molecule has 0 saturated heterocycles. The second-order valence-corrected chi connectivity index (χ2v) is 6.75. The molecule has 7 heteroatoms. The van der Waals surface area contributed by atoms with Gasteiger partial charge in [-0.3, -0.25) is 0 Å². The van der Waals surface area contributed by atoms with Crippen molar-refractivity contribution in [3.63, 3.8) is 0 Å². The van der Waals surface area contributed by atoms with Gasteiger partial charge in [0, 0.05) is 16.2 Å². The van der Waals surface area contributed by atoms with E-state index in [1.165, 1.54) is 11.3 Å². The van der Waals surface area contributed by atoms with E-state index < -0.39 is 18.0 Å². The molecule has 1 aromatic rings. The second kappa shape index (κ2) is 5.83. The maximum Gasteiger partial charge on any atom is 0.331 e. The van der Waals surface area contributed by atoms with Crippen molar-refractivity contribution in [2.24, 2.45) is 0 Å². The third-order valence-electron chi connectivity index (χ3n) is 3.16. The molecule has 0 bridgehead atoms. The number of hydrogen-bond donors (Lipinski definition) is 3. The minimum Gasteiger partial charge on any atom is -0.479 e. The van der Waals surface area contributed by atoms with Gasteiger partial charge in [-0.25, -0.2) is 9.59 Å². The van der Waals surface area contributed by atoms with Crippen molar-refractivity contribution in [1.29, 1.82) is 0 Å². The first-order valence-electron chi connectivity index (χ1n) is 5.92. The standard InChI is InChI=1S/C12H16N2O3S2/c1-18-12(4-5-12)7-13-11(17)14-9(10(15)16)8-3-2-6-19-8/h2-3,6,9H,4-5,7H2,1H3,(H,15,16)(H2,13,14,17). The SMILES string of the molecule is CSC1(CNC(=O)NC(C(=O)O)c2cccs2)CC1. The normalized spacial score (nSPS) is 17.5. The zero-order valence-corrected chi connectivity index (χ0v) is 12.1. The van der Waals surface area contributed by atoms with Gasteiger partial charge in [0.15, 0.2) is 6.04 Å². The van der Waals surface area contributed by atoms with E-state index in [1.807, 2.05) is 6.26 Å². The molecule has 0 aliphatic heterocycles. The number of aliphatic carboxylic acids is 1. The molecular weight excluding hydrogens is 284 g/mol. The lowest BCUT2D eigenvalue weighted by Gasteiger charge is -2.16. The summed E-state index contributed by atoms with van der Waals surface area (Å²) in [4.78, 5) is 23.5. The van der Waals surface area contributed by atoms with Gasteiger partial charge in [-0.15, -0.1) is 11.3 Å². The van der Waals surface area contributed by atoms with Crippen LogP contribution >= 0.6 is 23.1 Å². The average molecular weight is 300 g/mol. The minimum absolute atomic E-state index is 0.166. The molecule has 0 aromatic carbocycles. The molecule has 3 N–H and O–H groups in total. The van der Waals surface area contributed by atoms with Crippen molar-refractivity contribution in [2.75, 3.05) is 12.8 Å². The summed E-state index contributed by atoms with van der Waals surface area (Å²) in [5, 5.41) is 16.2. The number of amides is 2. The highest BCUT2D eigenvalue weighted by atomic mass is 32.2. The van der Waals surface area contributed by atoms with Crippen LogP contribution in [0.15, 0.2) is 17.5 Å². The number of urea groups is 1. The number of carboxylic acids is 1. The summed E-state index contributed by atoms with van der Waals surface area (Å²) in [6, 6.07) is 2.06. The number of carbonyl (C=O) groups excluding carboxylic acids is 1. The van der Waals surface area contributed by atoms with Crippen LogP contribution in [0.5, 0.6) is 0 Å². The highest BCUT2D eigenvalue weighted by Crippen LogP contribution is 2.46. The Morgan fingerprint density at radius 3 is 2.79 bits per heavy atom. The largest absolute Gasteiger partial charge is 0.479 e. The Bertz CT molecular complexity index is 458. The molecule has 1 aliphatic carbocycles. The number of thioether (sulfide) groups is 1. The van der Waals surface area contributed by atoms with Gasteiger partial charge in [-0.05, 0) is 30.5 Å². The van der Waals surface area contributed by atoms with Gasteiger partial charge < -0.3 is 15.7 Å². The first-order valence-corrected chi connectivity index (χ1v) is 8.02. The molecule has 1 aliphatic rings. The predicted octanol–water partition coefficient (Wildman–Crippen LogP) is 2.07. The molecule has 1 unspecified atom stereocenters. The molecule has 0 spiro atoms. The fourth-order valence-corrected chi connectivity index (χ4v) is 3.22. The predicted molar refractivity (Wildman–Crippen MR) is 76.7 cm³/mol. The molecule has 2 rings (SSSR count). The van der Waals surface area contributed by atoms with Crippen LogP contribution in [-0.2, 0) is 4.79 Å². The van der Waals surface area contributed by atoms with E-state index in [1.54, 1.807) is 29.3 Å². The molecular formula is C12H16N2O3S2. The van der Waals surface area contributed by atoms with Crippen molar-refractivity contribution >= 4 is 35.1 Å². The molecule has 5 nitrogen and oxygen atoms in total. The number of carboxylic acid groups (broad SMARTS) is 1. The van der Waals surface area contributed by atoms with E-state index in [4.69, 9.17) is 5.11 Å². The van der Waals surface area contributed by atoms with Crippen molar-refractivity contribution in [2.45, 2.75) is 23.6 Å². The Morgan fingerprint density at radius 1 is 1.58 bits per heavy atom. The zero-order valence-electron chi connectivity index (χ0n) is 10.5. The number of thiophene rings is 1. The van der Waals surface area contributed by atoms with Crippen LogP contribution in [0.3, 0.4) is 0 Å². The number of nitrogens with one attached hydrogen (secondary N) is 2. The molecule has 19 heavy (non-hydrogen) atoms. The van der Waals surface area contributed by atoms with Gasteiger partial charge in [0.1, 0.15) is 0 Å². The third-order valence-corrected chi connectivity index (χ3v) is 5.52. The van der Waals surface area contributed by atoms with Crippen LogP contribution in [0, 0.1) is 0 Å². The van der Waals surface area contributed by atoms with Crippen LogP contribution < -0.4 is 10.6 Å². The van der Waals surface area contributed by atoms with E-state index in [9.17, 15) is 9.59 Å². The first-order chi connectivity index (χ1) is 9.06. The summed E-state index contributed by atoms with van der Waals surface area (Å²) in [5.41, 5.74) is 0. The molecule has 104 valence electrons. The van der Waals surface area contributed by atoms with Gasteiger partial charge in [0.25, 0.3) is 0 Å². The highest BCUT2D eigenvalue weighted by molar-refractivity contribution is 8.00. The smallest absolute Gasteiger partial charge is 0.331 e. The maximum atomic E-state index is 11.8. The van der Waals surface area contributed by atoms with Crippen LogP contribution in [0.2, 0.25) is 0 Å². The van der Waals surface area contributed by atoms with Gasteiger partial charge in [0.05, 0.1) is 0 Å². The maximum absolute atomic E-state index is 11.8. The van der Waals surface area contributed by atoms with E-state index in [0.29, 0.717) is 11.4 Å². The Labute approximate surface area is 119 Å². The lowest BCUT2D eigenvalue weighted by atomic mass is 10.2. The van der Waals surface area contributed by atoms with Crippen LogP contribution in [-0.4, -0.2) is 34.7 Å². The monoisotopic (exact) mass is 300 g/mol. The zero-order chi connectivity index (χ0) is 13.9. The summed E-state index contributed by atoms with van der Waals surface area (Å²) in [6.07, 6.45) is 4.22. The summed E-state index contributed by atoms with van der Waals surface area (Å²) in [7, 11) is 0. The number of carbonyl (C=O) groups is 2. The lowest BCUT2D eigenvalue weighted by Crippen LogP contribution is -2.43. The Morgan fingerprint density at radius 2 is 2.32 bits per heavy atom. The molecule has 1 heterocycles. The molecule has 1 atom stereocenters. The van der Waals surface area contributed by atoms with E-state index in [0.717, 1.165) is 12.8 Å². The van der Waals surface area contributed by atoms with Gasteiger partial charge in [-0.1, -0.05) is 6.07 Å². The minimum atomic E-state index is -1.05.